The highest BCUT2D eigenvalue weighted by molar-refractivity contribution is 9.10. The monoisotopic (exact) mass is 370 g/mol. The fourth-order valence-corrected chi connectivity index (χ4v) is 3.92. The van der Waals surface area contributed by atoms with Crippen molar-refractivity contribution in [3.8, 4) is 10.6 Å². The summed E-state index contributed by atoms with van der Waals surface area (Å²) in [7, 11) is 0. The highest BCUT2D eigenvalue weighted by atomic mass is 79.9. The van der Waals surface area contributed by atoms with E-state index in [-0.39, 0.29) is 5.82 Å². The van der Waals surface area contributed by atoms with Crippen molar-refractivity contribution in [2.45, 2.75) is 33.7 Å². The van der Waals surface area contributed by atoms with Crippen LogP contribution in [0.15, 0.2) is 22.7 Å². The molecule has 0 bridgehead atoms. The first kappa shape index (κ1) is 16.6. The van der Waals surface area contributed by atoms with Gasteiger partial charge in [0.1, 0.15) is 10.8 Å². The molecule has 0 amide bonds. The van der Waals surface area contributed by atoms with Crippen LogP contribution in [0, 0.1) is 11.7 Å². The summed E-state index contributed by atoms with van der Waals surface area (Å²) in [6.45, 7) is 8.22. The number of benzene rings is 1. The molecule has 114 valence electrons. The van der Waals surface area contributed by atoms with Gasteiger partial charge >= 0.3 is 0 Å². The molecule has 2 rings (SSSR count). The van der Waals surface area contributed by atoms with Gasteiger partial charge in [-0.25, -0.2) is 9.37 Å². The van der Waals surface area contributed by atoms with Gasteiger partial charge in [-0.2, -0.15) is 0 Å². The number of aryl methyl sites for hydroxylation is 1. The Balaban J connectivity index is 2.28. The van der Waals surface area contributed by atoms with Gasteiger partial charge in [0.2, 0.25) is 0 Å². The zero-order valence-electron chi connectivity index (χ0n) is 12.5. The van der Waals surface area contributed by atoms with E-state index >= 15 is 0 Å². The molecule has 1 heterocycles. The molecule has 0 unspecified atom stereocenters. The summed E-state index contributed by atoms with van der Waals surface area (Å²) in [5.41, 5.74) is 1.62. The van der Waals surface area contributed by atoms with Crippen LogP contribution in [0.1, 0.15) is 31.3 Å². The molecule has 0 atom stereocenters. The van der Waals surface area contributed by atoms with Crippen molar-refractivity contribution in [2.24, 2.45) is 5.92 Å². The average Bonchev–Trinajstić information content (AvgIpc) is 2.81. The number of nitrogens with one attached hydrogen (secondary N) is 1. The van der Waals surface area contributed by atoms with E-state index in [4.69, 9.17) is 0 Å². The number of hydrogen-bond donors (Lipinski definition) is 1. The Labute approximate surface area is 137 Å². The molecule has 0 aliphatic carbocycles. The summed E-state index contributed by atoms with van der Waals surface area (Å²) in [6.07, 6.45) is 0.862. The number of halogens is 2. The zero-order chi connectivity index (χ0) is 15.4. The van der Waals surface area contributed by atoms with E-state index in [1.165, 1.54) is 10.9 Å². The number of rotatable bonds is 6. The number of hydrogen-bond acceptors (Lipinski definition) is 3. The van der Waals surface area contributed by atoms with Gasteiger partial charge in [0.05, 0.1) is 11.3 Å². The Morgan fingerprint density at radius 3 is 2.76 bits per heavy atom. The molecule has 0 spiro atoms. The van der Waals surface area contributed by atoms with E-state index in [2.05, 4.69) is 47.0 Å². The molecule has 2 nitrogen and oxygen atoms in total. The summed E-state index contributed by atoms with van der Waals surface area (Å²) in [5, 5.41) is 4.18. The Bertz CT molecular complexity index is 590. The van der Waals surface area contributed by atoms with Gasteiger partial charge in [-0.1, -0.05) is 26.8 Å². The van der Waals surface area contributed by atoms with Crippen LogP contribution in [-0.2, 0) is 13.0 Å². The number of aromatic nitrogens is 1. The predicted molar refractivity (Wildman–Crippen MR) is 91.1 cm³/mol. The Morgan fingerprint density at radius 1 is 1.38 bits per heavy atom. The largest absolute Gasteiger partial charge is 0.312 e. The van der Waals surface area contributed by atoms with Crippen LogP contribution >= 0.6 is 27.3 Å². The zero-order valence-corrected chi connectivity index (χ0v) is 14.9. The summed E-state index contributed by atoms with van der Waals surface area (Å²) < 4.78 is 14.8. The summed E-state index contributed by atoms with van der Waals surface area (Å²) in [4.78, 5) is 5.82. The fourth-order valence-electron chi connectivity index (χ4n) is 2.08. The summed E-state index contributed by atoms with van der Waals surface area (Å²) >= 11 is 5.00. The third kappa shape index (κ3) is 4.11. The van der Waals surface area contributed by atoms with Crippen LogP contribution in [0.25, 0.3) is 10.6 Å². The predicted octanol–water partition coefficient (Wildman–Crippen LogP) is 5.02. The first-order chi connectivity index (χ1) is 10.0. The van der Waals surface area contributed by atoms with Gasteiger partial charge in [0, 0.05) is 15.9 Å². The summed E-state index contributed by atoms with van der Waals surface area (Å²) in [6, 6.07) is 5.02. The van der Waals surface area contributed by atoms with Crippen molar-refractivity contribution in [3.05, 3.63) is 39.1 Å². The maximum absolute atomic E-state index is 14.1. The highest BCUT2D eigenvalue weighted by Gasteiger charge is 2.16. The molecule has 0 aliphatic rings. The van der Waals surface area contributed by atoms with Crippen LogP contribution in [0.3, 0.4) is 0 Å². The first-order valence-electron chi connectivity index (χ1n) is 7.16. The normalized spacial score (nSPS) is 11.3. The Kier molecular flexibility index (Phi) is 5.90. The van der Waals surface area contributed by atoms with Crippen molar-refractivity contribution in [2.75, 3.05) is 6.54 Å². The van der Waals surface area contributed by atoms with Gasteiger partial charge in [0.25, 0.3) is 0 Å². The first-order valence-corrected chi connectivity index (χ1v) is 8.77. The lowest BCUT2D eigenvalue weighted by Gasteiger charge is -2.06. The van der Waals surface area contributed by atoms with Crippen LogP contribution in [0.4, 0.5) is 4.39 Å². The minimum absolute atomic E-state index is 0.234. The third-order valence-corrected chi connectivity index (χ3v) is 4.90. The maximum atomic E-state index is 14.1. The lowest BCUT2D eigenvalue weighted by atomic mass is 10.2. The molecule has 0 aliphatic heterocycles. The summed E-state index contributed by atoms with van der Waals surface area (Å²) in [5.74, 6) is 0.380. The second kappa shape index (κ2) is 7.47. The van der Waals surface area contributed by atoms with Crippen molar-refractivity contribution >= 4 is 27.3 Å². The molecular formula is C16H20BrFN2S. The second-order valence-electron chi connectivity index (χ2n) is 5.36. The molecule has 0 saturated carbocycles. The van der Waals surface area contributed by atoms with Crippen LogP contribution in [0.2, 0.25) is 0 Å². The topological polar surface area (TPSA) is 24.9 Å². The lowest BCUT2D eigenvalue weighted by Crippen LogP contribution is -2.18. The number of nitrogens with zero attached hydrogens (tertiary/aromatic N) is 1. The molecule has 2 aromatic rings. The minimum Gasteiger partial charge on any atom is -0.312 e. The molecule has 0 fully saturated rings. The lowest BCUT2D eigenvalue weighted by molar-refractivity contribution is 0.553. The van der Waals surface area contributed by atoms with Gasteiger partial charge < -0.3 is 5.32 Å². The SMILES string of the molecule is CCc1nc(-c2c(F)cccc2Br)sc1CNCC(C)C. The average molecular weight is 371 g/mol. The second-order valence-corrected chi connectivity index (χ2v) is 7.30. The number of thiazole rings is 1. The van der Waals surface area contributed by atoms with Crippen molar-refractivity contribution in [1.29, 1.82) is 0 Å². The third-order valence-electron chi connectivity index (χ3n) is 3.13. The van der Waals surface area contributed by atoms with Gasteiger partial charge in [-0.05, 0) is 46.9 Å². The van der Waals surface area contributed by atoms with E-state index in [0.29, 0.717) is 11.5 Å². The quantitative estimate of drug-likeness (QED) is 0.771. The minimum atomic E-state index is -0.234. The van der Waals surface area contributed by atoms with E-state index < -0.39 is 0 Å². The van der Waals surface area contributed by atoms with Crippen molar-refractivity contribution in [3.63, 3.8) is 0 Å². The molecule has 1 aromatic carbocycles. The van der Waals surface area contributed by atoms with Crippen LogP contribution in [-0.4, -0.2) is 11.5 Å². The van der Waals surface area contributed by atoms with E-state index in [1.807, 2.05) is 6.07 Å². The van der Waals surface area contributed by atoms with Crippen molar-refractivity contribution < 1.29 is 4.39 Å². The highest BCUT2D eigenvalue weighted by Crippen LogP contribution is 2.35. The fraction of sp³-hybridized carbons (Fsp3) is 0.438. The van der Waals surface area contributed by atoms with Crippen LogP contribution in [0.5, 0.6) is 0 Å². The Morgan fingerprint density at radius 2 is 2.14 bits per heavy atom. The van der Waals surface area contributed by atoms with Crippen LogP contribution < -0.4 is 5.32 Å². The molecular weight excluding hydrogens is 351 g/mol. The molecule has 1 N–H and O–H groups in total. The molecule has 5 heteroatoms. The maximum Gasteiger partial charge on any atom is 0.134 e. The van der Waals surface area contributed by atoms with E-state index in [9.17, 15) is 4.39 Å². The van der Waals surface area contributed by atoms with Gasteiger partial charge in [0.15, 0.2) is 0 Å². The molecule has 0 radical (unpaired) electrons. The van der Waals surface area contributed by atoms with E-state index in [0.717, 1.165) is 34.7 Å². The standard InChI is InChI=1S/C16H20BrFN2S/c1-4-13-14(9-19-8-10(2)3)21-16(20-13)15-11(17)6-5-7-12(15)18/h5-7,10,19H,4,8-9H2,1-3H3. The molecule has 1 aromatic heterocycles. The molecule has 21 heavy (non-hydrogen) atoms. The Hall–Kier alpha value is -0.780. The smallest absolute Gasteiger partial charge is 0.134 e. The van der Waals surface area contributed by atoms with Gasteiger partial charge in [-0.3, -0.25) is 0 Å². The van der Waals surface area contributed by atoms with E-state index in [1.54, 1.807) is 17.4 Å². The van der Waals surface area contributed by atoms with Gasteiger partial charge in [-0.15, -0.1) is 11.3 Å². The van der Waals surface area contributed by atoms with Crippen molar-refractivity contribution in [1.82, 2.24) is 10.3 Å². The molecule has 0 saturated heterocycles.